The third-order valence-corrected chi connectivity index (χ3v) is 4.25. The van der Waals surface area contributed by atoms with E-state index in [1.54, 1.807) is 6.07 Å². The van der Waals surface area contributed by atoms with Crippen LogP contribution >= 0.6 is 28.3 Å². The molecule has 2 fully saturated rings. The molecule has 0 bridgehead atoms. The highest BCUT2D eigenvalue weighted by Gasteiger charge is 2.35. The lowest BCUT2D eigenvalue weighted by Gasteiger charge is -2.17. The standard InChI is InChI=1S/C13H16BrFN2.ClH/c14-12-1-9(2-13(15)3-12)6-17-7-10-4-16-5-11(10)8-17;/h1-3,10-11,16H,4-8H2;1H/t10-,11+;. The molecule has 5 heteroatoms. The van der Waals surface area contributed by atoms with Gasteiger partial charge >= 0.3 is 0 Å². The van der Waals surface area contributed by atoms with Gasteiger partial charge in [-0.2, -0.15) is 0 Å². The SMILES string of the molecule is Cl.Fc1cc(Br)cc(CN2C[C@H]3CNC[C@H]3C2)c1. The van der Waals surface area contributed by atoms with Crippen molar-refractivity contribution in [3.63, 3.8) is 0 Å². The van der Waals surface area contributed by atoms with Crippen molar-refractivity contribution in [1.82, 2.24) is 10.2 Å². The van der Waals surface area contributed by atoms with Gasteiger partial charge in [0.05, 0.1) is 0 Å². The van der Waals surface area contributed by atoms with Crippen LogP contribution in [0.5, 0.6) is 0 Å². The number of likely N-dealkylation sites (tertiary alicyclic amines) is 1. The summed E-state index contributed by atoms with van der Waals surface area (Å²) in [5, 5.41) is 3.43. The maximum atomic E-state index is 13.3. The Balaban J connectivity index is 0.00000120. The number of nitrogens with one attached hydrogen (secondary N) is 1. The first-order valence-corrected chi connectivity index (χ1v) is 6.88. The number of hydrogen-bond acceptors (Lipinski definition) is 2. The van der Waals surface area contributed by atoms with E-state index in [-0.39, 0.29) is 18.2 Å². The van der Waals surface area contributed by atoms with Crippen LogP contribution in [0.15, 0.2) is 22.7 Å². The number of halogens is 3. The largest absolute Gasteiger partial charge is 0.316 e. The van der Waals surface area contributed by atoms with Gasteiger partial charge in [-0.15, -0.1) is 12.4 Å². The van der Waals surface area contributed by atoms with Crippen LogP contribution in [0.25, 0.3) is 0 Å². The molecule has 100 valence electrons. The minimum Gasteiger partial charge on any atom is -0.316 e. The Morgan fingerprint density at radius 3 is 2.50 bits per heavy atom. The molecule has 1 aromatic carbocycles. The molecule has 1 N–H and O–H groups in total. The van der Waals surface area contributed by atoms with Crippen molar-refractivity contribution in [3.05, 3.63) is 34.1 Å². The predicted molar refractivity (Wildman–Crippen MR) is 76.5 cm³/mol. The van der Waals surface area contributed by atoms with E-state index in [2.05, 4.69) is 26.1 Å². The normalized spacial score (nSPS) is 27.0. The third kappa shape index (κ3) is 3.05. The summed E-state index contributed by atoms with van der Waals surface area (Å²) >= 11 is 3.34. The van der Waals surface area contributed by atoms with Gasteiger partial charge in [0.25, 0.3) is 0 Å². The molecule has 2 nitrogen and oxygen atoms in total. The van der Waals surface area contributed by atoms with Crippen LogP contribution < -0.4 is 5.32 Å². The van der Waals surface area contributed by atoms with Gasteiger partial charge in [0, 0.05) is 24.1 Å². The first-order chi connectivity index (χ1) is 8.20. The topological polar surface area (TPSA) is 15.3 Å². The molecule has 2 heterocycles. The summed E-state index contributed by atoms with van der Waals surface area (Å²) < 4.78 is 14.1. The van der Waals surface area contributed by atoms with Crippen molar-refractivity contribution in [2.45, 2.75) is 6.54 Å². The summed E-state index contributed by atoms with van der Waals surface area (Å²) in [6.45, 7) is 5.45. The molecule has 2 aliphatic heterocycles. The number of nitrogens with zero attached hydrogens (tertiary/aromatic N) is 1. The van der Waals surface area contributed by atoms with E-state index in [0.29, 0.717) is 0 Å². The summed E-state index contributed by atoms with van der Waals surface area (Å²) in [5.41, 5.74) is 1.06. The van der Waals surface area contributed by atoms with E-state index in [0.717, 1.165) is 54.6 Å². The number of fused-ring (bicyclic) bond motifs is 1. The Kier molecular flexibility index (Phi) is 4.64. The van der Waals surface area contributed by atoms with Gasteiger partial charge in [0.15, 0.2) is 0 Å². The molecule has 0 aliphatic carbocycles. The molecule has 3 rings (SSSR count). The number of rotatable bonds is 2. The molecule has 18 heavy (non-hydrogen) atoms. The average Bonchev–Trinajstić information content (AvgIpc) is 2.75. The maximum Gasteiger partial charge on any atom is 0.124 e. The lowest BCUT2D eigenvalue weighted by atomic mass is 10.0. The first kappa shape index (κ1) is 14.3. The minimum atomic E-state index is -0.157. The highest BCUT2D eigenvalue weighted by Crippen LogP contribution is 2.28. The second-order valence-corrected chi connectivity index (χ2v) is 6.07. The Morgan fingerprint density at radius 1 is 1.22 bits per heavy atom. The van der Waals surface area contributed by atoms with Crippen molar-refractivity contribution < 1.29 is 4.39 Å². The predicted octanol–water partition coefficient (Wildman–Crippen LogP) is 2.66. The first-order valence-electron chi connectivity index (χ1n) is 6.09. The second kappa shape index (κ2) is 5.87. The van der Waals surface area contributed by atoms with E-state index >= 15 is 0 Å². The van der Waals surface area contributed by atoms with Crippen LogP contribution in [0.3, 0.4) is 0 Å². The molecule has 0 amide bonds. The fraction of sp³-hybridized carbons (Fsp3) is 0.538. The molecular formula is C13H17BrClFN2. The van der Waals surface area contributed by atoms with Crippen LogP contribution in [0.4, 0.5) is 4.39 Å². The molecule has 0 radical (unpaired) electrons. The summed E-state index contributed by atoms with van der Waals surface area (Å²) in [6.07, 6.45) is 0. The molecule has 2 aliphatic rings. The molecular weight excluding hydrogens is 319 g/mol. The van der Waals surface area contributed by atoms with Crippen LogP contribution in [0.2, 0.25) is 0 Å². The summed E-state index contributed by atoms with van der Waals surface area (Å²) in [5.74, 6) is 1.44. The minimum absolute atomic E-state index is 0. The van der Waals surface area contributed by atoms with Crippen LogP contribution in [-0.2, 0) is 6.54 Å². The van der Waals surface area contributed by atoms with E-state index in [1.807, 2.05) is 6.07 Å². The van der Waals surface area contributed by atoms with Gasteiger partial charge in [-0.3, -0.25) is 4.90 Å². The van der Waals surface area contributed by atoms with Crippen LogP contribution in [-0.4, -0.2) is 31.1 Å². The zero-order valence-corrected chi connectivity index (χ0v) is 12.4. The van der Waals surface area contributed by atoms with Gasteiger partial charge in [-0.1, -0.05) is 15.9 Å². The Bertz CT molecular complexity index is 397. The summed E-state index contributed by atoms with van der Waals surface area (Å²) in [7, 11) is 0. The quantitative estimate of drug-likeness (QED) is 0.894. The van der Waals surface area contributed by atoms with Gasteiger partial charge in [-0.25, -0.2) is 4.39 Å². The lowest BCUT2D eigenvalue weighted by molar-refractivity contribution is 0.305. The molecule has 2 saturated heterocycles. The fourth-order valence-corrected chi connectivity index (χ4v) is 3.55. The van der Waals surface area contributed by atoms with Crippen LogP contribution in [0, 0.1) is 17.7 Å². The third-order valence-electron chi connectivity index (χ3n) is 3.79. The monoisotopic (exact) mass is 334 g/mol. The van der Waals surface area contributed by atoms with Gasteiger partial charge in [-0.05, 0) is 48.7 Å². The molecule has 0 aromatic heterocycles. The second-order valence-electron chi connectivity index (χ2n) is 5.15. The van der Waals surface area contributed by atoms with Crippen molar-refractivity contribution in [2.75, 3.05) is 26.2 Å². The lowest BCUT2D eigenvalue weighted by Crippen LogP contribution is -2.25. The van der Waals surface area contributed by atoms with Crippen molar-refractivity contribution in [3.8, 4) is 0 Å². The van der Waals surface area contributed by atoms with E-state index < -0.39 is 0 Å². The maximum absolute atomic E-state index is 13.3. The molecule has 2 atom stereocenters. The zero-order valence-electron chi connectivity index (χ0n) is 10.0. The van der Waals surface area contributed by atoms with E-state index in [9.17, 15) is 4.39 Å². The molecule has 0 spiro atoms. The Morgan fingerprint density at radius 2 is 1.89 bits per heavy atom. The highest BCUT2D eigenvalue weighted by molar-refractivity contribution is 9.10. The van der Waals surface area contributed by atoms with E-state index in [4.69, 9.17) is 0 Å². The summed E-state index contributed by atoms with van der Waals surface area (Å²) in [6, 6.07) is 5.15. The smallest absolute Gasteiger partial charge is 0.124 e. The zero-order chi connectivity index (χ0) is 11.8. The molecule has 0 saturated carbocycles. The van der Waals surface area contributed by atoms with Crippen molar-refractivity contribution in [1.29, 1.82) is 0 Å². The van der Waals surface area contributed by atoms with Crippen molar-refractivity contribution in [2.24, 2.45) is 11.8 Å². The van der Waals surface area contributed by atoms with Gasteiger partial charge in [0.2, 0.25) is 0 Å². The molecule has 0 unspecified atom stereocenters. The average molecular weight is 336 g/mol. The van der Waals surface area contributed by atoms with Crippen LogP contribution in [0.1, 0.15) is 5.56 Å². The summed E-state index contributed by atoms with van der Waals surface area (Å²) in [4.78, 5) is 2.44. The van der Waals surface area contributed by atoms with E-state index in [1.165, 1.54) is 6.07 Å². The number of hydrogen-bond donors (Lipinski definition) is 1. The van der Waals surface area contributed by atoms with Gasteiger partial charge < -0.3 is 5.32 Å². The van der Waals surface area contributed by atoms with Gasteiger partial charge in [0.1, 0.15) is 5.82 Å². The Hall–Kier alpha value is -0.160. The fourth-order valence-electron chi connectivity index (χ4n) is 3.04. The highest BCUT2D eigenvalue weighted by atomic mass is 79.9. The molecule has 1 aromatic rings. The Labute approximate surface area is 121 Å². The number of benzene rings is 1. The van der Waals surface area contributed by atoms with Crippen molar-refractivity contribution >= 4 is 28.3 Å².